The molecule has 2 aromatic rings. The minimum Gasteiger partial charge on any atom is -0.493 e. The summed E-state index contributed by atoms with van der Waals surface area (Å²) in [5.74, 6) is -1.50. The van der Waals surface area contributed by atoms with Crippen molar-refractivity contribution in [3.63, 3.8) is 0 Å². The second-order valence-electron chi connectivity index (χ2n) is 4.50. The molecule has 2 aromatic carbocycles. The van der Waals surface area contributed by atoms with Crippen LogP contribution in [0.15, 0.2) is 30.3 Å². The van der Waals surface area contributed by atoms with E-state index in [1.807, 2.05) is 0 Å². The molecule has 20 heavy (non-hydrogen) atoms. The summed E-state index contributed by atoms with van der Waals surface area (Å²) in [6.45, 7) is 0.566. The molecule has 0 unspecified atom stereocenters. The van der Waals surface area contributed by atoms with Crippen molar-refractivity contribution in [1.29, 1.82) is 0 Å². The third-order valence-corrected chi connectivity index (χ3v) is 3.50. The molecule has 0 radical (unpaired) electrons. The maximum Gasteiger partial charge on any atom is 0.196 e. The van der Waals surface area contributed by atoms with Crippen molar-refractivity contribution in [2.75, 3.05) is 6.61 Å². The maximum atomic E-state index is 13.7. The fourth-order valence-corrected chi connectivity index (χ4v) is 2.33. The zero-order chi connectivity index (χ0) is 14.3. The number of carbonyl (C=O) groups is 1. The first-order valence-electron chi connectivity index (χ1n) is 6.01. The molecule has 0 bridgehead atoms. The van der Waals surface area contributed by atoms with Crippen LogP contribution in [0.25, 0.3) is 0 Å². The number of ketones is 1. The van der Waals surface area contributed by atoms with Gasteiger partial charge in [0.15, 0.2) is 5.78 Å². The number of ether oxygens (including phenoxy) is 1. The zero-order valence-electron chi connectivity index (χ0n) is 10.3. The van der Waals surface area contributed by atoms with Gasteiger partial charge < -0.3 is 4.74 Å². The van der Waals surface area contributed by atoms with E-state index in [1.165, 1.54) is 0 Å². The Morgan fingerprint density at radius 3 is 2.75 bits per heavy atom. The third kappa shape index (κ3) is 2.16. The molecular weight excluding hydrogens is 286 g/mol. The van der Waals surface area contributed by atoms with Crippen molar-refractivity contribution in [2.45, 2.75) is 6.42 Å². The SMILES string of the molecule is O=C(c1ccc2c(c1)CCO2)c1cc(F)c(Cl)cc1F. The number of carbonyl (C=O) groups excluding carboxylic acids is 1. The Hall–Kier alpha value is -1.94. The second-order valence-corrected chi connectivity index (χ2v) is 4.90. The van der Waals surface area contributed by atoms with Gasteiger partial charge in [0.25, 0.3) is 0 Å². The summed E-state index contributed by atoms with van der Waals surface area (Å²) in [5.41, 5.74) is 0.867. The van der Waals surface area contributed by atoms with Crippen LogP contribution in [0.4, 0.5) is 8.78 Å². The highest BCUT2D eigenvalue weighted by Gasteiger charge is 2.20. The Morgan fingerprint density at radius 2 is 1.95 bits per heavy atom. The van der Waals surface area contributed by atoms with Crippen molar-refractivity contribution in [1.82, 2.24) is 0 Å². The molecule has 0 saturated carbocycles. The lowest BCUT2D eigenvalue weighted by Crippen LogP contribution is -2.05. The van der Waals surface area contributed by atoms with Crippen molar-refractivity contribution in [3.05, 3.63) is 63.7 Å². The van der Waals surface area contributed by atoms with Crippen LogP contribution in [0.2, 0.25) is 5.02 Å². The van der Waals surface area contributed by atoms with Crippen LogP contribution in [-0.4, -0.2) is 12.4 Å². The van der Waals surface area contributed by atoms with Gasteiger partial charge in [0.1, 0.15) is 17.4 Å². The maximum absolute atomic E-state index is 13.7. The third-order valence-electron chi connectivity index (χ3n) is 3.21. The van der Waals surface area contributed by atoms with E-state index in [0.717, 1.165) is 23.4 Å². The number of benzene rings is 2. The number of hydrogen-bond acceptors (Lipinski definition) is 2. The predicted octanol–water partition coefficient (Wildman–Crippen LogP) is 3.78. The van der Waals surface area contributed by atoms with E-state index in [0.29, 0.717) is 18.6 Å². The highest BCUT2D eigenvalue weighted by atomic mass is 35.5. The van der Waals surface area contributed by atoms with E-state index in [-0.39, 0.29) is 10.6 Å². The van der Waals surface area contributed by atoms with Crippen LogP contribution in [0.1, 0.15) is 21.5 Å². The lowest BCUT2D eigenvalue weighted by atomic mass is 10.00. The molecule has 1 aliphatic rings. The van der Waals surface area contributed by atoms with E-state index in [2.05, 4.69) is 0 Å². The van der Waals surface area contributed by atoms with Crippen LogP contribution in [-0.2, 0) is 6.42 Å². The Labute approximate surface area is 118 Å². The first kappa shape index (κ1) is 13.1. The molecule has 0 aliphatic carbocycles. The molecule has 0 spiro atoms. The highest BCUT2D eigenvalue weighted by molar-refractivity contribution is 6.30. The van der Waals surface area contributed by atoms with E-state index in [9.17, 15) is 13.6 Å². The van der Waals surface area contributed by atoms with E-state index in [4.69, 9.17) is 16.3 Å². The van der Waals surface area contributed by atoms with Gasteiger partial charge in [-0.15, -0.1) is 0 Å². The Bertz CT molecular complexity index is 713. The molecule has 0 saturated heterocycles. The molecule has 0 amide bonds. The molecule has 0 N–H and O–H groups in total. The van der Waals surface area contributed by atoms with Gasteiger partial charge in [0.2, 0.25) is 0 Å². The van der Waals surface area contributed by atoms with Crippen LogP contribution < -0.4 is 4.74 Å². The summed E-state index contributed by atoms with van der Waals surface area (Å²) in [5, 5.41) is -0.346. The standard InChI is InChI=1S/C15H9ClF2O2/c16-11-7-12(17)10(6-13(11)18)15(19)9-1-2-14-8(5-9)3-4-20-14/h1-2,5-7H,3-4H2. The van der Waals surface area contributed by atoms with Crippen LogP contribution in [0.3, 0.4) is 0 Å². The van der Waals surface area contributed by atoms with Gasteiger partial charge in [0.05, 0.1) is 17.2 Å². The first-order chi connectivity index (χ1) is 9.56. The number of fused-ring (bicyclic) bond motifs is 1. The van der Waals surface area contributed by atoms with Gasteiger partial charge in [-0.25, -0.2) is 8.78 Å². The highest BCUT2D eigenvalue weighted by Crippen LogP contribution is 2.28. The number of hydrogen-bond donors (Lipinski definition) is 0. The quantitative estimate of drug-likeness (QED) is 0.622. The molecule has 3 rings (SSSR count). The molecule has 0 atom stereocenters. The Kier molecular flexibility index (Phi) is 3.18. The van der Waals surface area contributed by atoms with Crippen molar-refractivity contribution in [2.24, 2.45) is 0 Å². The van der Waals surface area contributed by atoms with Gasteiger partial charge in [-0.05, 0) is 35.9 Å². The van der Waals surface area contributed by atoms with E-state index >= 15 is 0 Å². The summed E-state index contributed by atoms with van der Waals surface area (Å²) in [6, 6.07) is 6.49. The van der Waals surface area contributed by atoms with Gasteiger partial charge in [0, 0.05) is 12.0 Å². The molecular formula is C15H9ClF2O2. The molecule has 0 fully saturated rings. The lowest BCUT2D eigenvalue weighted by molar-refractivity contribution is 0.103. The van der Waals surface area contributed by atoms with Crippen molar-refractivity contribution >= 4 is 17.4 Å². The van der Waals surface area contributed by atoms with Gasteiger partial charge in [-0.1, -0.05) is 11.6 Å². The molecule has 102 valence electrons. The Balaban J connectivity index is 2.03. The topological polar surface area (TPSA) is 26.3 Å². The smallest absolute Gasteiger partial charge is 0.196 e. The second kappa shape index (κ2) is 4.87. The summed E-state index contributed by atoms with van der Waals surface area (Å²) in [6.07, 6.45) is 0.702. The molecule has 1 aliphatic heterocycles. The van der Waals surface area contributed by atoms with Crippen LogP contribution in [0, 0.1) is 11.6 Å². The molecule has 0 aromatic heterocycles. The lowest BCUT2D eigenvalue weighted by Gasteiger charge is -2.06. The van der Waals surface area contributed by atoms with Gasteiger partial charge >= 0.3 is 0 Å². The molecule has 5 heteroatoms. The van der Waals surface area contributed by atoms with Gasteiger partial charge in [-0.3, -0.25) is 4.79 Å². The minimum atomic E-state index is -0.835. The predicted molar refractivity (Wildman–Crippen MR) is 70.4 cm³/mol. The van der Waals surface area contributed by atoms with Crippen LogP contribution >= 0.6 is 11.6 Å². The van der Waals surface area contributed by atoms with Crippen molar-refractivity contribution < 1.29 is 18.3 Å². The number of halogens is 3. The fraction of sp³-hybridized carbons (Fsp3) is 0.133. The van der Waals surface area contributed by atoms with Crippen LogP contribution in [0.5, 0.6) is 5.75 Å². The normalized spacial score (nSPS) is 12.9. The average Bonchev–Trinajstić information content (AvgIpc) is 2.89. The summed E-state index contributed by atoms with van der Waals surface area (Å²) < 4.78 is 32.5. The Morgan fingerprint density at radius 1 is 1.15 bits per heavy atom. The van der Waals surface area contributed by atoms with Gasteiger partial charge in [-0.2, -0.15) is 0 Å². The monoisotopic (exact) mass is 294 g/mol. The summed E-state index contributed by atoms with van der Waals surface area (Å²) >= 11 is 5.47. The number of rotatable bonds is 2. The van der Waals surface area contributed by atoms with E-state index in [1.54, 1.807) is 18.2 Å². The average molecular weight is 295 g/mol. The largest absolute Gasteiger partial charge is 0.493 e. The fourth-order valence-electron chi connectivity index (χ4n) is 2.18. The minimum absolute atomic E-state index is 0.301. The van der Waals surface area contributed by atoms with E-state index < -0.39 is 17.4 Å². The van der Waals surface area contributed by atoms with Crippen molar-refractivity contribution in [3.8, 4) is 5.75 Å². The molecule has 1 heterocycles. The first-order valence-corrected chi connectivity index (χ1v) is 6.39. The zero-order valence-corrected chi connectivity index (χ0v) is 11.0. The summed E-state index contributed by atoms with van der Waals surface area (Å²) in [7, 11) is 0. The molecule has 2 nitrogen and oxygen atoms in total. The summed E-state index contributed by atoms with van der Waals surface area (Å²) in [4.78, 5) is 12.2.